The molecule has 0 bridgehead atoms. The van der Waals surface area contributed by atoms with Gasteiger partial charge in [0.2, 0.25) is 20.0 Å². The van der Waals surface area contributed by atoms with Crippen molar-refractivity contribution in [3.05, 3.63) is 23.3 Å². The zero-order valence-corrected chi connectivity index (χ0v) is 13.7. The maximum Gasteiger partial charge on any atom is 0.241 e. The molecule has 1 rings (SSSR count). The van der Waals surface area contributed by atoms with E-state index in [0.29, 0.717) is 16.8 Å². The van der Waals surface area contributed by atoms with Crippen LogP contribution in [0.3, 0.4) is 0 Å². The Labute approximate surface area is 125 Å². The van der Waals surface area contributed by atoms with Crippen LogP contribution >= 0.6 is 0 Å². The van der Waals surface area contributed by atoms with E-state index >= 15 is 0 Å². The van der Waals surface area contributed by atoms with Gasteiger partial charge in [-0.15, -0.1) is 0 Å². The number of hydrogen-bond acceptors (Lipinski definition) is 6. The third-order valence-electron chi connectivity index (χ3n) is 2.87. The van der Waals surface area contributed by atoms with Crippen molar-refractivity contribution in [1.29, 1.82) is 0 Å². The molecular formula is C11H20N4O4S2. The Balaban J connectivity index is 2.99. The third kappa shape index (κ3) is 4.64. The summed E-state index contributed by atoms with van der Waals surface area (Å²) < 4.78 is 51.5. The van der Waals surface area contributed by atoms with E-state index in [9.17, 15) is 16.8 Å². The minimum absolute atomic E-state index is 0.128. The van der Waals surface area contributed by atoms with Gasteiger partial charge >= 0.3 is 0 Å². The standard InChI is InChI=1S/C11H20N4O4S2/c1-8-6-10(15-12)7-9(2)11(8)21(18,19)14-4-5-20(16,17)13-3/h6-7,13-15H,4-5,12H2,1-3H3. The van der Waals surface area contributed by atoms with E-state index in [0.717, 1.165) is 0 Å². The zero-order valence-electron chi connectivity index (χ0n) is 12.1. The number of nitrogens with one attached hydrogen (secondary N) is 3. The van der Waals surface area contributed by atoms with Gasteiger partial charge in [0.05, 0.1) is 10.6 Å². The van der Waals surface area contributed by atoms with Gasteiger partial charge in [0.25, 0.3) is 0 Å². The van der Waals surface area contributed by atoms with Crippen LogP contribution in [-0.4, -0.2) is 36.2 Å². The fourth-order valence-corrected chi connectivity index (χ4v) is 4.13. The van der Waals surface area contributed by atoms with Crippen molar-refractivity contribution in [2.75, 3.05) is 24.8 Å². The van der Waals surface area contributed by atoms with Gasteiger partial charge in [-0.3, -0.25) is 5.84 Å². The van der Waals surface area contributed by atoms with Gasteiger partial charge in [-0.25, -0.2) is 26.3 Å². The van der Waals surface area contributed by atoms with Crippen molar-refractivity contribution in [2.24, 2.45) is 5.84 Å². The second-order valence-corrected chi connectivity index (χ2v) is 8.25. The lowest BCUT2D eigenvalue weighted by atomic mass is 10.1. The van der Waals surface area contributed by atoms with E-state index in [2.05, 4.69) is 14.9 Å². The molecule has 0 saturated heterocycles. The summed E-state index contributed by atoms with van der Waals surface area (Å²) in [5.74, 6) is 4.97. The maximum atomic E-state index is 12.3. The Bertz CT molecular complexity index is 691. The van der Waals surface area contributed by atoms with Crippen molar-refractivity contribution < 1.29 is 16.8 Å². The lowest BCUT2D eigenvalue weighted by Crippen LogP contribution is -2.33. The van der Waals surface area contributed by atoms with Crippen LogP contribution in [0.15, 0.2) is 17.0 Å². The molecule has 5 N–H and O–H groups in total. The molecule has 10 heteroatoms. The van der Waals surface area contributed by atoms with E-state index in [1.165, 1.54) is 7.05 Å². The average molecular weight is 336 g/mol. The molecule has 0 aliphatic rings. The number of aryl methyl sites for hydroxylation is 2. The fourth-order valence-electron chi connectivity index (χ4n) is 1.94. The molecule has 0 heterocycles. The molecule has 0 aromatic heterocycles. The Kier molecular flexibility index (Phi) is 5.70. The van der Waals surface area contributed by atoms with E-state index in [1.54, 1.807) is 26.0 Å². The van der Waals surface area contributed by atoms with Gasteiger partial charge in [0.15, 0.2) is 0 Å². The van der Waals surface area contributed by atoms with Crippen LogP contribution in [0.4, 0.5) is 5.69 Å². The summed E-state index contributed by atoms with van der Waals surface area (Å²) in [7, 11) is -5.97. The summed E-state index contributed by atoms with van der Waals surface area (Å²) in [4.78, 5) is 0.128. The van der Waals surface area contributed by atoms with Crippen LogP contribution < -0.4 is 20.7 Å². The molecule has 0 unspecified atom stereocenters. The number of nitrogens with two attached hydrogens (primary N) is 1. The van der Waals surface area contributed by atoms with Crippen molar-refractivity contribution in [2.45, 2.75) is 18.7 Å². The van der Waals surface area contributed by atoms with Crippen molar-refractivity contribution in [1.82, 2.24) is 9.44 Å². The Morgan fingerprint density at radius 3 is 2.05 bits per heavy atom. The van der Waals surface area contributed by atoms with Gasteiger partial charge in [-0.1, -0.05) is 0 Å². The summed E-state index contributed by atoms with van der Waals surface area (Å²) in [5, 5.41) is 0. The number of sulfonamides is 2. The zero-order chi connectivity index (χ0) is 16.3. The summed E-state index contributed by atoms with van der Waals surface area (Å²) >= 11 is 0. The second-order valence-electron chi connectivity index (χ2n) is 4.50. The van der Waals surface area contributed by atoms with E-state index in [-0.39, 0.29) is 17.2 Å². The molecule has 8 nitrogen and oxygen atoms in total. The molecule has 0 atom stereocenters. The normalized spacial score (nSPS) is 12.4. The highest BCUT2D eigenvalue weighted by molar-refractivity contribution is 7.90. The molecule has 0 saturated carbocycles. The smallest absolute Gasteiger partial charge is 0.241 e. The summed E-state index contributed by atoms with van der Waals surface area (Å²) in [6.07, 6.45) is 0. The molecular weight excluding hydrogens is 316 g/mol. The molecule has 0 amide bonds. The monoisotopic (exact) mass is 336 g/mol. The number of nitrogen functional groups attached to an aromatic ring is 1. The quantitative estimate of drug-likeness (QED) is 0.389. The number of anilines is 1. The summed E-state index contributed by atoms with van der Waals surface area (Å²) in [5.41, 5.74) is 4.09. The highest BCUT2D eigenvalue weighted by Crippen LogP contribution is 2.23. The molecule has 120 valence electrons. The number of hydrogen-bond donors (Lipinski definition) is 4. The van der Waals surface area contributed by atoms with E-state index in [1.807, 2.05) is 0 Å². The van der Waals surface area contributed by atoms with Crippen LogP contribution in [0.25, 0.3) is 0 Å². The number of hydrazine groups is 1. The topological polar surface area (TPSA) is 130 Å². The van der Waals surface area contributed by atoms with Crippen LogP contribution in [0.2, 0.25) is 0 Å². The minimum Gasteiger partial charge on any atom is -0.324 e. The molecule has 1 aromatic carbocycles. The molecule has 0 fully saturated rings. The Morgan fingerprint density at radius 2 is 1.62 bits per heavy atom. The number of benzene rings is 1. The minimum atomic E-state index is -3.79. The first-order chi connectivity index (χ1) is 9.63. The van der Waals surface area contributed by atoms with Crippen LogP contribution in [-0.2, 0) is 20.0 Å². The first kappa shape index (κ1) is 17.9. The second kappa shape index (κ2) is 6.71. The van der Waals surface area contributed by atoms with Crippen molar-refractivity contribution in [3.8, 4) is 0 Å². The van der Waals surface area contributed by atoms with Gasteiger partial charge < -0.3 is 5.43 Å². The van der Waals surface area contributed by atoms with Gasteiger partial charge in [0, 0.05) is 12.2 Å². The molecule has 0 aliphatic carbocycles. The van der Waals surface area contributed by atoms with Crippen LogP contribution in [0.1, 0.15) is 11.1 Å². The first-order valence-electron chi connectivity index (χ1n) is 6.11. The molecule has 0 spiro atoms. The highest BCUT2D eigenvalue weighted by atomic mass is 32.2. The maximum absolute atomic E-state index is 12.3. The molecule has 1 aromatic rings. The third-order valence-corrected chi connectivity index (χ3v) is 6.00. The molecule has 21 heavy (non-hydrogen) atoms. The number of rotatable bonds is 7. The average Bonchev–Trinajstić information content (AvgIpc) is 2.36. The van der Waals surface area contributed by atoms with Crippen LogP contribution in [0, 0.1) is 13.8 Å². The first-order valence-corrected chi connectivity index (χ1v) is 9.25. The highest BCUT2D eigenvalue weighted by Gasteiger charge is 2.20. The summed E-state index contributed by atoms with van der Waals surface area (Å²) in [6.45, 7) is 3.08. The largest absolute Gasteiger partial charge is 0.324 e. The van der Waals surface area contributed by atoms with Crippen molar-refractivity contribution >= 4 is 25.7 Å². The predicted octanol–water partition coefficient (Wildman–Crippen LogP) is -0.583. The summed E-state index contributed by atoms with van der Waals surface area (Å²) in [6, 6.07) is 3.21. The lowest BCUT2D eigenvalue weighted by Gasteiger charge is -2.14. The van der Waals surface area contributed by atoms with Gasteiger partial charge in [0.1, 0.15) is 0 Å². The lowest BCUT2D eigenvalue weighted by molar-refractivity contribution is 0.578. The fraction of sp³-hybridized carbons (Fsp3) is 0.455. The van der Waals surface area contributed by atoms with E-state index in [4.69, 9.17) is 5.84 Å². The van der Waals surface area contributed by atoms with Gasteiger partial charge in [-0.2, -0.15) is 0 Å². The SMILES string of the molecule is CNS(=O)(=O)CCNS(=O)(=O)c1c(C)cc(NN)cc1C. The molecule has 0 radical (unpaired) electrons. The van der Waals surface area contributed by atoms with Gasteiger partial charge in [-0.05, 0) is 44.2 Å². The molecule has 0 aliphatic heterocycles. The predicted molar refractivity (Wildman–Crippen MR) is 81.8 cm³/mol. The Hall–Kier alpha value is -1.20. The van der Waals surface area contributed by atoms with Crippen molar-refractivity contribution in [3.63, 3.8) is 0 Å². The Morgan fingerprint density at radius 1 is 1.10 bits per heavy atom. The van der Waals surface area contributed by atoms with E-state index < -0.39 is 20.0 Å². The van der Waals surface area contributed by atoms with Crippen LogP contribution in [0.5, 0.6) is 0 Å².